The van der Waals surface area contributed by atoms with Crippen LogP contribution in [0.3, 0.4) is 0 Å². The molecule has 3 aromatic rings. The van der Waals surface area contributed by atoms with Gasteiger partial charge in [-0.2, -0.15) is 23.5 Å². The van der Waals surface area contributed by atoms with Crippen molar-refractivity contribution >= 4 is 11.0 Å². The highest BCUT2D eigenvalue weighted by Crippen LogP contribution is 2.38. The SMILES string of the molecule is N#CCc1cc(CCCO)cc(-c2ccnc3n[nH]c(C(F)(F)F)c23)c1. The number of benzene rings is 1. The molecule has 0 unspecified atom stereocenters. The Bertz CT molecular complexity index is 973. The number of H-pyrrole nitrogens is 1. The number of alkyl halides is 3. The third kappa shape index (κ3) is 3.53. The van der Waals surface area contributed by atoms with Gasteiger partial charge in [-0.05, 0) is 41.2 Å². The van der Waals surface area contributed by atoms with E-state index in [1.807, 2.05) is 11.2 Å². The number of fused-ring (bicyclic) bond motifs is 1. The van der Waals surface area contributed by atoms with Gasteiger partial charge in [0.25, 0.3) is 0 Å². The number of aliphatic hydroxyl groups excluding tert-OH is 1. The van der Waals surface area contributed by atoms with E-state index in [0.29, 0.717) is 29.5 Å². The summed E-state index contributed by atoms with van der Waals surface area (Å²) in [5, 5.41) is 23.6. The zero-order chi connectivity index (χ0) is 18.7. The smallest absolute Gasteiger partial charge is 0.396 e. The number of pyridine rings is 1. The van der Waals surface area contributed by atoms with E-state index in [0.717, 1.165) is 5.56 Å². The molecule has 0 saturated heterocycles. The summed E-state index contributed by atoms with van der Waals surface area (Å²) >= 11 is 0. The lowest BCUT2D eigenvalue weighted by atomic mass is 9.95. The molecule has 0 amide bonds. The van der Waals surface area contributed by atoms with Crippen molar-refractivity contribution in [2.45, 2.75) is 25.4 Å². The molecule has 134 valence electrons. The number of nitrogens with one attached hydrogen (secondary N) is 1. The Balaban J connectivity index is 2.21. The maximum absolute atomic E-state index is 13.3. The highest BCUT2D eigenvalue weighted by molar-refractivity contribution is 5.95. The minimum absolute atomic E-state index is 0.0112. The topological polar surface area (TPSA) is 85.6 Å². The van der Waals surface area contributed by atoms with Gasteiger partial charge in [0.05, 0.1) is 17.9 Å². The molecule has 26 heavy (non-hydrogen) atoms. The molecule has 5 nitrogen and oxygen atoms in total. The predicted octanol–water partition coefficient (Wildman–Crippen LogP) is 3.63. The number of aryl methyl sites for hydroxylation is 1. The Morgan fingerprint density at radius 1 is 1.19 bits per heavy atom. The van der Waals surface area contributed by atoms with Crippen molar-refractivity contribution in [1.29, 1.82) is 5.26 Å². The van der Waals surface area contributed by atoms with Crippen LogP contribution in [0.4, 0.5) is 13.2 Å². The number of aromatic amines is 1. The summed E-state index contributed by atoms with van der Waals surface area (Å²) in [4.78, 5) is 3.90. The molecule has 0 radical (unpaired) electrons. The van der Waals surface area contributed by atoms with Gasteiger partial charge in [-0.15, -0.1) is 0 Å². The van der Waals surface area contributed by atoms with Crippen LogP contribution in [0.2, 0.25) is 0 Å². The summed E-state index contributed by atoms with van der Waals surface area (Å²) in [5.41, 5.74) is 1.51. The second-order valence-electron chi connectivity index (χ2n) is 5.85. The summed E-state index contributed by atoms with van der Waals surface area (Å²) < 4.78 is 40.0. The second-order valence-corrected chi connectivity index (χ2v) is 5.85. The van der Waals surface area contributed by atoms with Gasteiger partial charge in [0.1, 0.15) is 5.69 Å². The van der Waals surface area contributed by atoms with Crippen LogP contribution in [-0.4, -0.2) is 26.9 Å². The van der Waals surface area contributed by atoms with E-state index >= 15 is 0 Å². The van der Waals surface area contributed by atoms with E-state index in [2.05, 4.69) is 16.2 Å². The summed E-state index contributed by atoms with van der Waals surface area (Å²) in [5.74, 6) is 0. The summed E-state index contributed by atoms with van der Waals surface area (Å²) in [6.07, 6.45) is -1.94. The standard InChI is InChI=1S/C18H15F3N4O/c19-18(20,21)16-15-14(4-6-23-17(15)25-24-16)13-9-11(2-1-7-26)8-12(10-13)3-5-22/h4,6,8-10,26H,1-3,7H2,(H,23,24,25). The number of rotatable bonds is 5. The monoisotopic (exact) mass is 360 g/mol. The number of halogens is 3. The Morgan fingerprint density at radius 2 is 1.96 bits per heavy atom. The molecular weight excluding hydrogens is 345 g/mol. The molecule has 0 spiro atoms. The second kappa shape index (κ2) is 7.14. The van der Waals surface area contributed by atoms with Gasteiger partial charge < -0.3 is 5.11 Å². The summed E-state index contributed by atoms with van der Waals surface area (Å²) in [6.45, 7) is 0.0112. The number of aromatic nitrogens is 3. The molecule has 0 aliphatic carbocycles. The summed E-state index contributed by atoms with van der Waals surface area (Å²) in [7, 11) is 0. The zero-order valence-corrected chi connectivity index (χ0v) is 13.6. The first-order valence-electron chi connectivity index (χ1n) is 7.95. The van der Waals surface area contributed by atoms with Crippen LogP contribution in [0.5, 0.6) is 0 Å². The molecule has 2 aromatic heterocycles. The Kier molecular flexibility index (Phi) is 4.91. The first-order valence-corrected chi connectivity index (χ1v) is 7.95. The maximum Gasteiger partial charge on any atom is 0.433 e. The fraction of sp³-hybridized carbons (Fsp3) is 0.278. The van der Waals surface area contributed by atoms with Crippen LogP contribution >= 0.6 is 0 Å². The van der Waals surface area contributed by atoms with Crippen LogP contribution in [0.25, 0.3) is 22.2 Å². The van der Waals surface area contributed by atoms with Gasteiger partial charge in [0, 0.05) is 12.8 Å². The Morgan fingerprint density at radius 3 is 2.65 bits per heavy atom. The van der Waals surface area contributed by atoms with Crippen molar-refractivity contribution < 1.29 is 18.3 Å². The third-order valence-corrected chi connectivity index (χ3v) is 4.01. The Labute approximate surface area is 147 Å². The summed E-state index contributed by atoms with van der Waals surface area (Å²) in [6, 6.07) is 8.87. The lowest BCUT2D eigenvalue weighted by Gasteiger charge is -2.11. The first-order chi connectivity index (χ1) is 12.4. The molecule has 3 rings (SSSR count). The zero-order valence-electron chi connectivity index (χ0n) is 13.6. The molecular formula is C18H15F3N4O. The Hall–Kier alpha value is -2.92. The van der Waals surface area contributed by atoms with Crippen molar-refractivity contribution in [2.24, 2.45) is 0 Å². The number of aliphatic hydroxyl groups is 1. The highest BCUT2D eigenvalue weighted by Gasteiger charge is 2.36. The number of nitriles is 1. The van der Waals surface area contributed by atoms with Crippen LogP contribution in [0.15, 0.2) is 30.5 Å². The minimum Gasteiger partial charge on any atom is -0.396 e. The number of nitrogens with zero attached hydrogens (tertiary/aromatic N) is 3. The van der Waals surface area contributed by atoms with Crippen LogP contribution in [0.1, 0.15) is 23.2 Å². The molecule has 0 aliphatic heterocycles. The predicted molar refractivity (Wildman–Crippen MR) is 89.1 cm³/mol. The van der Waals surface area contributed by atoms with E-state index in [4.69, 9.17) is 10.4 Å². The molecule has 1 aromatic carbocycles. The molecule has 0 bridgehead atoms. The van der Waals surface area contributed by atoms with Crippen molar-refractivity contribution in [2.75, 3.05) is 6.61 Å². The number of hydrogen-bond acceptors (Lipinski definition) is 4. The molecule has 2 heterocycles. The van der Waals surface area contributed by atoms with E-state index in [1.54, 1.807) is 12.1 Å². The van der Waals surface area contributed by atoms with E-state index in [-0.39, 0.29) is 24.1 Å². The average Bonchev–Trinajstić information content (AvgIpc) is 3.04. The number of hydrogen-bond donors (Lipinski definition) is 2. The van der Waals surface area contributed by atoms with Crippen molar-refractivity contribution in [3.8, 4) is 17.2 Å². The van der Waals surface area contributed by atoms with Gasteiger partial charge in [-0.3, -0.25) is 5.10 Å². The molecule has 0 fully saturated rings. The van der Waals surface area contributed by atoms with Gasteiger partial charge in [0.2, 0.25) is 0 Å². The molecule has 2 N–H and O–H groups in total. The minimum atomic E-state index is -4.59. The molecule has 0 aliphatic rings. The van der Waals surface area contributed by atoms with E-state index in [9.17, 15) is 13.2 Å². The molecule has 0 saturated carbocycles. The fourth-order valence-corrected chi connectivity index (χ4v) is 2.93. The molecule has 0 atom stereocenters. The van der Waals surface area contributed by atoms with Crippen LogP contribution < -0.4 is 0 Å². The van der Waals surface area contributed by atoms with E-state index in [1.165, 1.54) is 12.3 Å². The first kappa shape index (κ1) is 17.9. The van der Waals surface area contributed by atoms with Gasteiger partial charge in [-0.25, -0.2) is 4.98 Å². The maximum atomic E-state index is 13.3. The van der Waals surface area contributed by atoms with Crippen molar-refractivity contribution in [3.63, 3.8) is 0 Å². The normalized spacial score (nSPS) is 11.7. The van der Waals surface area contributed by atoms with Crippen molar-refractivity contribution in [3.05, 3.63) is 47.3 Å². The lowest BCUT2D eigenvalue weighted by molar-refractivity contribution is -0.139. The molecule has 8 heteroatoms. The van der Waals surface area contributed by atoms with Crippen molar-refractivity contribution in [1.82, 2.24) is 15.2 Å². The quantitative estimate of drug-likeness (QED) is 0.727. The van der Waals surface area contributed by atoms with Crippen LogP contribution in [0, 0.1) is 11.3 Å². The lowest BCUT2D eigenvalue weighted by Crippen LogP contribution is -2.06. The van der Waals surface area contributed by atoms with Crippen LogP contribution in [-0.2, 0) is 19.0 Å². The van der Waals surface area contributed by atoms with Gasteiger partial charge >= 0.3 is 6.18 Å². The fourth-order valence-electron chi connectivity index (χ4n) is 2.93. The highest BCUT2D eigenvalue weighted by atomic mass is 19.4. The average molecular weight is 360 g/mol. The van der Waals surface area contributed by atoms with Gasteiger partial charge in [0.15, 0.2) is 5.65 Å². The van der Waals surface area contributed by atoms with Gasteiger partial charge in [-0.1, -0.05) is 18.2 Å². The largest absolute Gasteiger partial charge is 0.433 e. The van der Waals surface area contributed by atoms with E-state index < -0.39 is 11.9 Å². The third-order valence-electron chi connectivity index (χ3n) is 4.01.